The molecule has 1 aliphatic carbocycles. The van der Waals surface area contributed by atoms with Crippen LogP contribution < -0.4 is 5.73 Å². The number of ether oxygens (including phenoxy) is 1. The lowest BCUT2D eigenvalue weighted by Gasteiger charge is -2.65. The predicted molar refractivity (Wildman–Crippen MR) is 103 cm³/mol. The average Bonchev–Trinajstić information content (AvgIpc) is 2.57. The molecule has 1 saturated carbocycles. The quantitative estimate of drug-likeness (QED) is 0.826. The predicted octanol–water partition coefficient (Wildman–Crippen LogP) is 3.91. The zero-order valence-electron chi connectivity index (χ0n) is 14.7. The molecule has 7 heteroatoms. The van der Waals surface area contributed by atoms with Gasteiger partial charge in [-0.15, -0.1) is 12.4 Å². The molecule has 1 aliphatic heterocycles. The Balaban J connectivity index is 0.00000225. The molecule has 0 bridgehead atoms. The van der Waals surface area contributed by atoms with Crippen molar-refractivity contribution >= 4 is 41.5 Å². The van der Waals surface area contributed by atoms with Gasteiger partial charge in [0.1, 0.15) is 5.54 Å². The first-order valence-corrected chi connectivity index (χ1v) is 9.05. The number of rotatable bonds is 3. The molecular weight excluding hydrogens is 383 g/mol. The average molecular weight is 408 g/mol. The van der Waals surface area contributed by atoms with Crippen LogP contribution in [0.25, 0.3) is 0 Å². The van der Waals surface area contributed by atoms with Crippen molar-refractivity contribution in [2.75, 3.05) is 13.7 Å². The molecule has 1 aromatic rings. The Morgan fingerprint density at radius 3 is 2.76 bits per heavy atom. The van der Waals surface area contributed by atoms with Crippen LogP contribution in [0.15, 0.2) is 18.2 Å². The lowest BCUT2D eigenvalue weighted by molar-refractivity contribution is -0.229. The molecule has 2 fully saturated rings. The highest BCUT2D eigenvalue weighted by Crippen LogP contribution is 2.58. The van der Waals surface area contributed by atoms with Gasteiger partial charge in [-0.05, 0) is 24.5 Å². The molecule has 2 N–H and O–H groups in total. The Bertz CT molecular complexity index is 668. The fourth-order valence-electron chi connectivity index (χ4n) is 4.32. The topological polar surface area (TPSA) is 55.6 Å². The van der Waals surface area contributed by atoms with Crippen LogP contribution in [0.4, 0.5) is 0 Å². The highest BCUT2D eigenvalue weighted by atomic mass is 35.5. The van der Waals surface area contributed by atoms with E-state index < -0.39 is 5.54 Å². The van der Waals surface area contributed by atoms with Gasteiger partial charge in [0.2, 0.25) is 5.91 Å². The molecule has 4 nitrogen and oxygen atoms in total. The van der Waals surface area contributed by atoms with Gasteiger partial charge < -0.3 is 15.4 Å². The number of fused-ring (bicyclic) bond motifs is 1. The second-order valence-electron chi connectivity index (χ2n) is 7.50. The normalized spacial score (nSPS) is 29.8. The Labute approximate surface area is 165 Å². The third-order valence-corrected chi connectivity index (χ3v) is 6.68. The van der Waals surface area contributed by atoms with Gasteiger partial charge in [0, 0.05) is 31.5 Å². The monoisotopic (exact) mass is 406 g/mol. The number of halogens is 3. The fourth-order valence-corrected chi connectivity index (χ4v) is 4.70. The molecule has 0 aromatic heterocycles. The van der Waals surface area contributed by atoms with Crippen LogP contribution in [0.3, 0.4) is 0 Å². The van der Waals surface area contributed by atoms with E-state index in [0.717, 1.165) is 25.0 Å². The molecule has 3 atom stereocenters. The summed E-state index contributed by atoms with van der Waals surface area (Å²) in [6.45, 7) is 5.18. The number of nitrogens with two attached hydrogens (primary N) is 1. The number of benzene rings is 1. The third kappa shape index (κ3) is 3.06. The van der Waals surface area contributed by atoms with Crippen molar-refractivity contribution in [3.63, 3.8) is 0 Å². The summed E-state index contributed by atoms with van der Waals surface area (Å²) in [5, 5.41) is 0.971. The van der Waals surface area contributed by atoms with E-state index in [4.69, 9.17) is 33.7 Å². The van der Waals surface area contributed by atoms with Gasteiger partial charge in [-0.3, -0.25) is 4.79 Å². The number of likely N-dealkylation sites (N-methyl/N-ethyl adjacent to an activating group) is 1. The molecular formula is C18H25Cl3N2O2. The Kier molecular flexibility index (Phi) is 6.02. The van der Waals surface area contributed by atoms with Crippen LogP contribution in [0.2, 0.25) is 10.0 Å². The minimum absolute atomic E-state index is 0. The zero-order valence-corrected chi connectivity index (χ0v) is 17.0. The lowest BCUT2D eigenvalue weighted by atomic mass is 9.46. The van der Waals surface area contributed by atoms with Crippen LogP contribution in [0, 0.1) is 11.3 Å². The molecule has 2 aliphatic rings. The van der Waals surface area contributed by atoms with Crippen molar-refractivity contribution < 1.29 is 9.53 Å². The maximum atomic E-state index is 13.2. The van der Waals surface area contributed by atoms with Crippen molar-refractivity contribution in [2.24, 2.45) is 17.1 Å². The van der Waals surface area contributed by atoms with E-state index in [9.17, 15) is 4.79 Å². The third-order valence-electron chi connectivity index (χ3n) is 5.82. The lowest BCUT2D eigenvalue weighted by Crippen LogP contribution is -2.82. The molecule has 140 valence electrons. The first kappa shape index (κ1) is 20.8. The van der Waals surface area contributed by atoms with Crippen LogP contribution >= 0.6 is 35.6 Å². The molecule has 1 aromatic carbocycles. The maximum absolute atomic E-state index is 13.2. The van der Waals surface area contributed by atoms with Crippen molar-refractivity contribution in [2.45, 2.75) is 44.9 Å². The molecule has 3 rings (SSSR count). The minimum atomic E-state index is -0.905. The Hall–Kier alpha value is -0.520. The van der Waals surface area contributed by atoms with E-state index in [1.807, 2.05) is 26.0 Å². The molecule has 25 heavy (non-hydrogen) atoms. The highest BCUT2D eigenvalue weighted by molar-refractivity contribution is 6.42. The van der Waals surface area contributed by atoms with Crippen molar-refractivity contribution in [1.82, 2.24) is 4.90 Å². The molecule has 1 heterocycles. The molecule has 1 saturated heterocycles. The Morgan fingerprint density at radius 1 is 1.40 bits per heavy atom. The van der Waals surface area contributed by atoms with Gasteiger partial charge >= 0.3 is 0 Å². The van der Waals surface area contributed by atoms with E-state index >= 15 is 0 Å². The van der Waals surface area contributed by atoms with E-state index in [2.05, 4.69) is 0 Å². The van der Waals surface area contributed by atoms with E-state index in [0.29, 0.717) is 16.6 Å². The fraction of sp³-hybridized carbons (Fsp3) is 0.611. The van der Waals surface area contributed by atoms with E-state index in [1.54, 1.807) is 18.0 Å². The number of nitrogens with zero attached hydrogens (tertiary/aromatic N) is 1. The van der Waals surface area contributed by atoms with Gasteiger partial charge in [0.25, 0.3) is 0 Å². The van der Waals surface area contributed by atoms with Gasteiger partial charge in [0.05, 0.1) is 16.1 Å². The zero-order chi connectivity index (χ0) is 17.7. The molecule has 0 radical (unpaired) electrons. The SMILES string of the molecule is CN(Cc1cccc(Cl)c1Cl)C(=O)C1(N)C2CCCOC2C1(C)C.Cl. The van der Waals surface area contributed by atoms with E-state index in [1.165, 1.54) is 0 Å². The minimum Gasteiger partial charge on any atom is -0.377 e. The summed E-state index contributed by atoms with van der Waals surface area (Å²) in [6, 6.07) is 5.44. The first-order chi connectivity index (χ1) is 11.2. The van der Waals surface area contributed by atoms with E-state index in [-0.39, 0.29) is 35.8 Å². The molecule has 1 amide bonds. The second kappa shape index (κ2) is 7.24. The molecule has 3 unspecified atom stereocenters. The summed E-state index contributed by atoms with van der Waals surface area (Å²) in [4.78, 5) is 14.8. The highest BCUT2D eigenvalue weighted by Gasteiger charge is 2.70. The molecule has 0 spiro atoms. The summed E-state index contributed by atoms with van der Waals surface area (Å²) < 4.78 is 5.88. The van der Waals surface area contributed by atoms with Crippen LogP contribution in [0.5, 0.6) is 0 Å². The number of hydrogen-bond donors (Lipinski definition) is 1. The van der Waals surface area contributed by atoms with Crippen molar-refractivity contribution in [3.8, 4) is 0 Å². The van der Waals surface area contributed by atoms with Crippen LogP contribution in [-0.4, -0.2) is 36.1 Å². The van der Waals surface area contributed by atoms with Crippen molar-refractivity contribution in [3.05, 3.63) is 33.8 Å². The van der Waals surface area contributed by atoms with Gasteiger partial charge in [-0.2, -0.15) is 0 Å². The second-order valence-corrected chi connectivity index (χ2v) is 8.29. The summed E-state index contributed by atoms with van der Waals surface area (Å²) in [5.41, 5.74) is 6.20. The number of hydrogen-bond acceptors (Lipinski definition) is 3. The number of carbonyl (C=O) groups is 1. The summed E-state index contributed by atoms with van der Waals surface area (Å²) in [6.07, 6.45) is 1.94. The van der Waals surface area contributed by atoms with Gasteiger partial charge in [-0.25, -0.2) is 0 Å². The standard InChI is InChI=1S/C18H24Cl2N2O2.ClH/c1-17(2)15-12(7-5-9-24-15)18(17,21)16(23)22(3)10-11-6-4-8-13(19)14(11)20;/h4,6,8,12,15H,5,7,9-10,21H2,1-3H3;1H. The number of amides is 1. The van der Waals surface area contributed by atoms with Gasteiger partial charge in [-0.1, -0.05) is 49.2 Å². The van der Waals surface area contributed by atoms with Crippen LogP contribution in [0.1, 0.15) is 32.3 Å². The summed E-state index contributed by atoms with van der Waals surface area (Å²) in [5.74, 6) is 0.0151. The smallest absolute Gasteiger partial charge is 0.243 e. The largest absolute Gasteiger partial charge is 0.377 e. The van der Waals surface area contributed by atoms with Crippen LogP contribution in [-0.2, 0) is 16.1 Å². The number of carbonyl (C=O) groups excluding carboxylic acids is 1. The van der Waals surface area contributed by atoms with Crippen molar-refractivity contribution in [1.29, 1.82) is 0 Å². The summed E-state index contributed by atoms with van der Waals surface area (Å²) >= 11 is 12.3. The Morgan fingerprint density at radius 2 is 2.08 bits per heavy atom. The van der Waals surface area contributed by atoms with Gasteiger partial charge in [0.15, 0.2) is 0 Å². The summed E-state index contributed by atoms with van der Waals surface area (Å²) in [7, 11) is 1.77. The first-order valence-electron chi connectivity index (χ1n) is 8.30. The maximum Gasteiger partial charge on any atom is 0.243 e.